The molecule has 0 aromatic heterocycles. The molecule has 1 N–H and O–H groups in total. The van der Waals surface area contributed by atoms with Crippen molar-refractivity contribution in [1.29, 1.82) is 0 Å². The van der Waals surface area contributed by atoms with Crippen LogP contribution in [0.2, 0.25) is 0 Å². The Kier molecular flexibility index (Phi) is 4.33. The first kappa shape index (κ1) is 16.5. The zero-order chi connectivity index (χ0) is 17.4. The largest absolute Gasteiger partial charge is 0.302 e. The molecular formula is C16H11BrF2N2O3. The fourth-order valence-electron chi connectivity index (χ4n) is 2.56. The number of hydroxylamine groups is 2. The second kappa shape index (κ2) is 6.29. The van der Waals surface area contributed by atoms with Gasteiger partial charge in [-0.15, -0.1) is 0 Å². The lowest BCUT2D eigenvalue weighted by molar-refractivity contribution is -0.168. The van der Waals surface area contributed by atoms with Crippen LogP contribution >= 0.6 is 15.9 Å². The highest BCUT2D eigenvalue weighted by molar-refractivity contribution is 9.10. The lowest BCUT2D eigenvalue weighted by Gasteiger charge is -2.26. The standard InChI is InChI=1S/C16H11BrF2N2O3/c17-10-3-1-2-9(6-10)15-20(8-14(22)21(15)24)16(23)12-7-11(18)4-5-13(12)19/h1-7,15,24H,8H2. The summed E-state index contributed by atoms with van der Waals surface area (Å²) in [4.78, 5) is 25.4. The molecule has 3 rings (SSSR count). The van der Waals surface area contributed by atoms with Crippen LogP contribution in [0.25, 0.3) is 0 Å². The summed E-state index contributed by atoms with van der Waals surface area (Å²) in [5.74, 6) is -3.28. The number of hydrogen-bond donors (Lipinski definition) is 1. The van der Waals surface area contributed by atoms with Gasteiger partial charge in [-0.05, 0) is 35.9 Å². The van der Waals surface area contributed by atoms with E-state index in [1.807, 2.05) is 0 Å². The van der Waals surface area contributed by atoms with Crippen molar-refractivity contribution in [3.63, 3.8) is 0 Å². The smallest absolute Gasteiger partial charge is 0.267 e. The van der Waals surface area contributed by atoms with Crippen molar-refractivity contribution in [1.82, 2.24) is 9.96 Å². The Morgan fingerprint density at radius 3 is 2.67 bits per heavy atom. The molecule has 0 spiro atoms. The van der Waals surface area contributed by atoms with Gasteiger partial charge in [0.25, 0.3) is 11.8 Å². The molecule has 2 amide bonds. The van der Waals surface area contributed by atoms with E-state index in [4.69, 9.17) is 0 Å². The average Bonchev–Trinajstić information content (AvgIpc) is 2.84. The van der Waals surface area contributed by atoms with Crippen molar-refractivity contribution in [3.8, 4) is 0 Å². The van der Waals surface area contributed by atoms with Crippen LogP contribution in [0, 0.1) is 11.6 Å². The molecule has 0 saturated carbocycles. The Morgan fingerprint density at radius 2 is 1.96 bits per heavy atom. The van der Waals surface area contributed by atoms with Gasteiger partial charge in [-0.3, -0.25) is 14.8 Å². The molecule has 1 aliphatic rings. The first-order valence-corrected chi connectivity index (χ1v) is 7.70. The van der Waals surface area contributed by atoms with E-state index in [2.05, 4.69) is 15.9 Å². The van der Waals surface area contributed by atoms with Crippen LogP contribution in [0.4, 0.5) is 8.78 Å². The topological polar surface area (TPSA) is 60.9 Å². The van der Waals surface area contributed by atoms with Gasteiger partial charge in [0.2, 0.25) is 0 Å². The Labute approximate surface area is 144 Å². The molecule has 24 heavy (non-hydrogen) atoms. The van der Waals surface area contributed by atoms with E-state index in [1.54, 1.807) is 24.3 Å². The van der Waals surface area contributed by atoms with Crippen LogP contribution in [0.3, 0.4) is 0 Å². The summed E-state index contributed by atoms with van der Waals surface area (Å²) in [6.45, 7) is -0.442. The lowest BCUT2D eigenvalue weighted by Crippen LogP contribution is -2.34. The van der Waals surface area contributed by atoms with Crippen LogP contribution in [0.1, 0.15) is 22.1 Å². The van der Waals surface area contributed by atoms with Crippen molar-refractivity contribution in [3.05, 3.63) is 69.7 Å². The summed E-state index contributed by atoms with van der Waals surface area (Å²) >= 11 is 3.27. The molecule has 0 aliphatic carbocycles. The fraction of sp³-hybridized carbons (Fsp3) is 0.125. The zero-order valence-electron chi connectivity index (χ0n) is 12.1. The van der Waals surface area contributed by atoms with E-state index < -0.39 is 41.7 Å². The van der Waals surface area contributed by atoms with Gasteiger partial charge in [-0.2, -0.15) is 5.06 Å². The number of amides is 2. The van der Waals surface area contributed by atoms with Gasteiger partial charge in [-0.25, -0.2) is 8.78 Å². The first-order valence-electron chi connectivity index (χ1n) is 6.91. The van der Waals surface area contributed by atoms with Crippen LogP contribution in [-0.2, 0) is 4.79 Å². The summed E-state index contributed by atoms with van der Waals surface area (Å²) in [5.41, 5.74) is -0.0546. The summed E-state index contributed by atoms with van der Waals surface area (Å²) in [5, 5.41) is 10.4. The molecular weight excluding hydrogens is 386 g/mol. The van der Waals surface area contributed by atoms with Crippen LogP contribution < -0.4 is 0 Å². The molecule has 1 unspecified atom stereocenters. The van der Waals surface area contributed by atoms with Gasteiger partial charge >= 0.3 is 0 Å². The van der Waals surface area contributed by atoms with E-state index in [0.717, 1.165) is 23.1 Å². The van der Waals surface area contributed by atoms with Gasteiger partial charge < -0.3 is 4.90 Å². The molecule has 124 valence electrons. The fourth-order valence-corrected chi connectivity index (χ4v) is 2.98. The second-order valence-corrected chi connectivity index (χ2v) is 6.14. The molecule has 0 bridgehead atoms. The third-order valence-corrected chi connectivity index (χ3v) is 4.15. The minimum Gasteiger partial charge on any atom is -0.302 e. The van der Waals surface area contributed by atoms with E-state index in [1.165, 1.54) is 0 Å². The highest BCUT2D eigenvalue weighted by Crippen LogP contribution is 2.32. The zero-order valence-corrected chi connectivity index (χ0v) is 13.7. The van der Waals surface area contributed by atoms with E-state index >= 15 is 0 Å². The van der Waals surface area contributed by atoms with Gasteiger partial charge in [0.15, 0.2) is 6.17 Å². The lowest BCUT2D eigenvalue weighted by atomic mass is 10.1. The molecule has 5 nitrogen and oxygen atoms in total. The van der Waals surface area contributed by atoms with Crippen molar-refractivity contribution >= 4 is 27.7 Å². The van der Waals surface area contributed by atoms with Crippen LogP contribution in [-0.4, -0.2) is 33.5 Å². The van der Waals surface area contributed by atoms with E-state index in [0.29, 0.717) is 15.1 Å². The van der Waals surface area contributed by atoms with Crippen molar-refractivity contribution in [2.45, 2.75) is 6.17 Å². The maximum atomic E-state index is 13.9. The Bertz CT molecular complexity index is 831. The number of rotatable bonds is 2. The highest BCUT2D eigenvalue weighted by Gasteiger charge is 2.42. The quantitative estimate of drug-likeness (QED) is 0.793. The minimum atomic E-state index is -1.12. The van der Waals surface area contributed by atoms with E-state index in [-0.39, 0.29) is 0 Å². The van der Waals surface area contributed by atoms with Gasteiger partial charge in [-0.1, -0.05) is 28.1 Å². The number of hydrogen-bond acceptors (Lipinski definition) is 3. The number of carbonyl (C=O) groups excluding carboxylic acids is 2. The molecule has 8 heteroatoms. The van der Waals surface area contributed by atoms with Crippen LogP contribution in [0.5, 0.6) is 0 Å². The summed E-state index contributed by atoms with van der Waals surface area (Å²) in [7, 11) is 0. The maximum absolute atomic E-state index is 13.9. The molecule has 1 heterocycles. The average molecular weight is 397 g/mol. The maximum Gasteiger partial charge on any atom is 0.267 e. The molecule has 1 atom stereocenters. The number of carbonyl (C=O) groups is 2. The normalized spacial score (nSPS) is 17.5. The Balaban J connectivity index is 2.03. The third kappa shape index (κ3) is 2.90. The molecule has 1 fully saturated rings. The third-order valence-electron chi connectivity index (χ3n) is 3.65. The molecule has 2 aromatic rings. The number of benzene rings is 2. The Hall–Kier alpha value is -2.32. The predicted molar refractivity (Wildman–Crippen MR) is 82.9 cm³/mol. The van der Waals surface area contributed by atoms with Crippen molar-refractivity contribution in [2.75, 3.05) is 6.54 Å². The van der Waals surface area contributed by atoms with Crippen LogP contribution in [0.15, 0.2) is 46.9 Å². The number of halogens is 3. The summed E-state index contributed by atoms with van der Waals surface area (Å²) in [6.07, 6.45) is -1.12. The van der Waals surface area contributed by atoms with Crippen molar-refractivity contribution in [2.24, 2.45) is 0 Å². The SMILES string of the molecule is O=C1CN(C(=O)c2cc(F)ccc2F)C(c2cccc(Br)c2)N1O. The summed E-state index contributed by atoms with van der Waals surface area (Å²) in [6, 6.07) is 9.13. The number of nitrogens with zero attached hydrogens (tertiary/aromatic N) is 2. The molecule has 1 saturated heterocycles. The molecule has 2 aromatic carbocycles. The highest BCUT2D eigenvalue weighted by atomic mass is 79.9. The van der Waals surface area contributed by atoms with Crippen molar-refractivity contribution < 1.29 is 23.6 Å². The predicted octanol–water partition coefficient (Wildman–Crippen LogP) is 3.10. The molecule has 0 radical (unpaired) electrons. The Morgan fingerprint density at radius 1 is 1.21 bits per heavy atom. The minimum absolute atomic E-state index is 0.414. The van der Waals surface area contributed by atoms with Gasteiger partial charge in [0, 0.05) is 4.47 Å². The van der Waals surface area contributed by atoms with Gasteiger partial charge in [0.05, 0.1) is 5.56 Å². The second-order valence-electron chi connectivity index (χ2n) is 5.22. The summed E-state index contributed by atoms with van der Waals surface area (Å²) < 4.78 is 27.9. The van der Waals surface area contributed by atoms with Gasteiger partial charge in [0.1, 0.15) is 18.2 Å². The first-order chi connectivity index (χ1) is 11.4. The molecule has 1 aliphatic heterocycles. The monoisotopic (exact) mass is 396 g/mol. The van der Waals surface area contributed by atoms with E-state index in [9.17, 15) is 23.6 Å².